The lowest BCUT2D eigenvalue weighted by atomic mass is 9.96. The molecule has 0 fully saturated rings. The van der Waals surface area contributed by atoms with Gasteiger partial charge in [-0.15, -0.1) is 0 Å². The van der Waals surface area contributed by atoms with Crippen LogP contribution < -0.4 is 10.6 Å². The van der Waals surface area contributed by atoms with E-state index in [0.29, 0.717) is 17.7 Å². The van der Waals surface area contributed by atoms with E-state index in [-0.39, 0.29) is 0 Å². The first-order valence-corrected chi connectivity index (χ1v) is 6.43. The van der Waals surface area contributed by atoms with Crippen LogP contribution in [0.3, 0.4) is 0 Å². The molecule has 1 aromatic carbocycles. The molecular weight excluding hydrogens is 212 g/mol. The second-order valence-corrected chi connectivity index (χ2v) is 5.12. The molecule has 94 valence electrons. The molecule has 0 saturated heterocycles. The van der Waals surface area contributed by atoms with E-state index in [1.54, 1.807) is 6.07 Å². The number of hydrogen-bond acceptors (Lipinski definition) is 3. The summed E-state index contributed by atoms with van der Waals surface area (Å²) in [5.41, 5.74) is 8.15. The number of nitrogens with two attached hydrogens (primary N) is 1. The van der Waals surface area contributed by atoms with Crippen molar-refractivity contribution >= 4 is 5.69 Å². The number of phenols is 1. The van der Waals surface area contributed by atoms with Crippen LogP contribution in [0.25, 0.3) is 0 Å². The summed E-state index contributed by atoms with van der Waals surface area (Å²) >= 11 is 0. The van der Waals surface area contributed by atoms with E-state index < -0.39 is 0 Å². The number of anilines is 1. The van der Waals surface area contributed by atoms with Gasteiger partial charge in [-0.05, 0) is 57.0 Å². The van der Waals surface area contributed by atoms with Crippen molar-refractivity contribution < 1.29 is 5.11 Å². The maximum Gasteiger partial charge on any atom is 0.116 e. The summed E-state index contributed by atoms with van der Waals surface area (Å²) in [5, 5.41) is 9.62. The smallest absolute Gasteiger partial charge is 0.116 e. The third-order valence-electron chi connectivity index (χ3n) is 3.56. The summed E-state index contributed by atoms with van der Waals surface area (Å²) in [6, 6.07) is 6.23. The van der Waals surface area contributed by atoms with Crippen molar-refractivity contribution in [3.8, 4) is 5.75 Å². The highest BCUT2D eigenvalue weighted by Gasteiger charge is 2.29. The Hall–Kier alpha value is -1.22. The third kappa shape index (κ3) is 2.39. The fourth-order valence-corrected chi connectivity index (χ4v) is 2.66. The van der Waals surface area contributed by atoms with Gasteiger partial charge in [0.15, 0.2) is 0 Å². The maximum absolute atomic E-state index is 9.62. The van der Waals surface area contributed by atoms with Gasteiger partial charge < -0.3 is 15.7 Å². The molecule has 1 atom stereocenters. The van der Waals surface area contributed by atoms with Crippen LogP contribution in [-0.4, -0.2) is 24.2 Å². The van der Waals surface area contributed by atoms with Gasteiger partial charge in [0.1, 0.15) is 5.75 Å². The van der Waals surface area contributed by atoms with E-state index in [0.717, 1.165) is 25.9 Å². The average Bonchev–Trinajstić information content (AvgIpc) is 2.64. The van der Waals surface area contributed by atoms with Gasteiger partial charge in [-0.25, -0.2) is 0 Å². The number of rotatable bonds is 4. The first-order valence-electron chi connectivity index (χ1n) is 6.43. The molecule has 0 amide bonds. The van der Waals surface area contributed by atoms with Gasteiger partial charge in [-0.3, -0.25) is 0 Å². The Labute approximate surface area is 103 Å². The highest BCUT2D eigenvalue weighted by molar-refractivity contribution is 5.62. The Bertz CT molecular complexity index is 390. The van der Waals surface area contributed by atoms with Gasteiger partial charge in [0, 0.05) is 24.2 Å². The predicted molar refractivity (Wildman–Crippen MR) is 71.6 cm³/mol. The molecule has 3 heteroatoms. The van der Waals surface area contributed by atoms with Crippen LogP contribution in [-0.2, 0) is 0 Å². The first kappa shape index (κ1) is 12.2. The van der Waals surface area contributed by atoms with Gasteiger partial charge in [0.25, 0.3) is 0 Å². The highest BCUT2D eigenvalue weighted by atomic mass is 16.3. The molecule has 1 unspecified atom stereocenters. The van der Waals surface area contributed by atoms with Crippen molar-refractivity contribution in [1.29, 1.82) is 0 Å². The Balaban J connectivity index is 2.27. The van der Waals surface area contributed by atoms with E-state index in [4.69, 9.17) is 5.73 Å². The van der Waals surface area contributed by atoms with E-state index in [9.17, 15) is 5.11 Å². The average molecular weight is 234 g/mol. The molecule has 0 bridgehead atoms. The molecule has 1 aliphatic heterocycles. The lowest BCUT2D eigenvalue weighted by Gasteiger charge is -2.24. The minimum Gasteiger partial charge on any atom is -0.508 e. The predicted octanol–water partition coefficient (Wildman–Crippen LogP) is 2.44. The van der Waals surface area contributed by atoms with Crippen molar-refractivity contribution in [3.05, 3.63) is 23.8 Å². The van der Waals surface area contributed by atoms with Gasteiger partial charge in [0.2, 0.25) is 0 Å². The molecule has 2 rings (SSSR count). The standard InChI is InChI=1S/C14H22N2O/c1-10(2)16-9-11(4-3-7-15)13-8-12(17)5-6-14(13)16/h5-6,8,10-11,17H,3-4,7,9,15H2,1-2H3. The Morgan fingerprint density at radius 2 is 2.24 bits per heavy atom. The molecule has 0 spiro atoms. The summed E-state index contributed by atoms with van der Waals surface area (Å²) in [6.07, 6.45) is 2.15. The van der Waals surface area contributed by atoms with Gasteiger partial charge in [0.05, 0.1) is 0 Å². The van der Waals surface area contributed by atoms with Crippen molar-refractivity contribution in [1.82, 2.24) is 0 Å². The summed E-state index contributed by atoms with van der Waals surface area (Å²) in [7, 11) is 0. The van der Waals surface area contributed by atoms with E-state index in [1.807, 2.05) is 12.1 Å². The van der Waals surface area contributed by atoms with Crippen molar-refractivity contribution in [2.24, 2.45) is 5.73 Å². The van der Waals surface area contributed by atoms with Crippen LogP contribution in [0.1, 0.15) is 38.2 Å². The number of hydrogen-bond donors (Lipinski definition) is 2. The largest absolute Gasteiger partial charge is 0.508 e. The number of fused-ring (bicyclic) bond motifs is 1. The van der Waals surface area contributed by atoms with Gasteiger partial charge in [-0.2, -0.15) is 0 Å². The van der Waals surface area contributed by atoms with Crippen LogP contribution in [0.2, 0.25) is 0 Å². The number of aromatic hydroxyl groups is 1. The summed E-state index contributed by atoms with van der Waals surface area (Å²) < 4.78 is 0. The summed E-state index contributed by atoms with van der Waals surface area (Å²) in [4.78, 5) is 2.41. The zero-order valence-corrected chi connectivity index (χ0v) is 10.7. The third-order valence-corrected chi connectivity index (χ3v) is 3.56. The van der Waals surface area contributed by atoms with Gasteiger partial charge >= 0.3 is 0 Å². The normalized spacial score (nSPS) is 18.8. The van der Waals surface area contributed by atoms with Crippen molar-refractivity contribution in [2.75, 3.05) is 18.0 Å². The molecule has 0 radical (unpaired) electrons. The number of phenolic OH excluding ortho intramolecular Hbond substituents is 1. The van der Waals surface area contributed by atoms with Crippen LogP contribution >= 0.6 is 0 Å². The lowest BCUT2D eigenvalue weighted by molar-refractivity contribution is 0.474. The topological polar surface area (TPSA) is 49.5 Å². The lowest BCUT2D eigenvalue weighted by Crippen LogP contribution is -2.29. The van der Waals surface area contributed by atoms with Gasteiger partial charge in [-0.1, -0.05) is 0 Å². The molecule has 0 aliphatic carbocycles. The minimum atomic E-state index is 0.368. The molecule has 3 nitrogen and oxygen atoms in total. The fourth-order valence-electron chi connectivity index (χ4n) is 2.66. The molecule has 1 aliphatic rings. The summed E-state index contributed by atoms with van der Waals surface area (Å²) in [5.74, 6) is 0.884. The van der Waals surface area contributed by atoms with E-state index >= 15 is 0 Å². The second kappa shape index (κ2) is 4.96. The second-order valence-electron chi connectivity index (χ2n) is 5.12. The van der Waals surface area contributed by atoms with Crippen molar-refractivity contribution in [2.45, 2.75) is 38.6 Å². The van der Waals surface area contributed by atoms with Crippen LogP contribution in [0, 0.1) is 0 Å². The van der Waals surface area contributed by atoms with Crippen LogP contribution in [0.5, 0.6) is 5.75 Å². The fraction of sp³-hybridized carbons (Fsp3) is 0.571. The quantitative estimate of drug-likeness (QED) is 0.841. The number of benzene rings is 1. The van der Waals surface area contributed by atoms with Crippen LogP contribution in [0.15, 0.2) is 18.2 Å². The summed E-state index contributed by atoms with van der Waals surface area (Å²) in [6.45, 7) is 6.21. The minimum absolute atomic E-state index is 0.368. The monoisotopic (exact) mass is 234 g/mol. The Morgan fingerprint density at radius 3 is 2.88 bits per heavy atom. The SMILES string of the molecule is CC(C)N1CC(CCCN)c2cc(O)ccc21. The Kier molecular flexibility index (Phi) is 3.57. The van der Waals surface area contributed by atoms with E-state index in [1.165, 1.54) is 11.3 Å². The molecule has 3 N–H and O–H groups in total. The molecule has 1 aromatic rings. The van der Waals surface area contributed by atoms with Crippen molar-refractivity contribution in [3.63, 3.8) is 0 Å². The first-order chi connectivity index (χ1) is 8.13. The molecule has 17 heavy (non-hydrogen) atoms. The molecule has 0 saturated carbocycles. The molecule has 0 aromatic heterocycles. The Morgan fingerprint density at radius 1 is 1.47 bits per heavy atom. The highest BCUT2D eigenvalue weighted by Crippen LogP contribution is 2.41. The van der Waals surface area contributed by atoms with E-state index in [2.05, 4.69) is 18.7 Å². The zero-order valence-electron chi connectivity index (χ0n) is 10.7. The maximum atomic E-state index is 9.62. The molecular formula is C14H22N2O. The zero-order chi connectivity index (χ0) is 12.4. The van der Waals surface area contributed by atoms with Crippen LogP contribution in [0.4, 0.5) is 5.69 Å². The number of nitrogens with zero attached hydrogens (tertiary/aromatic N) is 1. The molecule has 1 heterocycles.